The third kappa shape index (κ3) is 4.42. The van der Waals surface area contributed by atoms with Gasteiger partial charge in [-0.2, -0.15) is 5.26 Å². The number of carbonyl (C=O) groups excluding carboxylic acids is 1. The Labute approximate surface area is 267 Å². The Kier molecular flexibility index (Phi) is 6.54. The molecule has 2 N–H and O–H groups in total. The maximum Gasteiger partial charge on any atom is 0.254 e. The van der Waals surface area contributed by atoms with Gasteiger partial charge in [0.1, 0.15) is 36.6 Å². The van der Waals surface area contributed by atoms with Crippen molar-refractivity contribution in [3.63, 3.8) is 0 Å². The highest BCUT2D eigenvalue weighted by molar-refractivity contribution is 6.16. The van der Waals surface area contributed by atoms with Gasteiger partial charge in [0, 0.05) is 68.7 Å². The first-order valence-electron chi connectivity index (χ1n) is 15.8. The van der Waals surface area contributed by atoms with Gasteiger partial charge >= 0.3 is 0 Å². The summed E-state index contributed by atoms with van der Waals surface area (Å²) in [5, 5.41) is 10.2. The number of aryl methyl sites for hydroxylation is 1. The van der Waals surface area contributed by atoms with Crippen LogP contribution < -0.4 is 15.4 Å². The van der Waals surface area contributed by atoms with Gasteiger partial charge in [-0.1, -0.05) is 0 Å². The minimum atomic E-state index is -0.159. The molecule has 1 aromatic carbocycles. The molecule has 2 aliphatic heterocycles. The lowest BCUT2D eigenvalue weighted by molar-refractivity contribution is 0.0700. The summed E-state index contributed by atoms with van der Waals surface area (Å²) in [6, 6.07) is 13.9. The Morgan fingerprint density at radius 2 is 2.07 bits per heavy atom. The van der Waals surface area contributed by atoms with Crippen LogP contribution in [0, 0.1) is 17.2 Å². The average Bonchev–Trinajstić information content (AvgIpc) is 3.89. The zero-order valence-corrected chi connectivity index (χ0v) is 26.2. The van der Waals surface area contributed by atoms with Gasteiger partial charge in [0.2, 0.25) is 5.82 Å². The molecule has 1 aliphatic carbocycles. The van der Waals surface area contributed by atoms with E-state index >= 15 is 0 Å². The number of piperidine rings is 1. The largest absolute Gasteiger partial charge is 0.494 e. The van der Waals surface area contributed by atoms with Gasteiger partial charge < -0.3 is 29.4 Å². The van der Waals surface area contributed by atoms with Crippen LogP contribution in [0.15, 0.2) is 48.8 Å². The molecule has 12 nitrogen and oxygen atoms in total. The van der Waals surface area contributed by atoms with Crippen molar-refractivity contribution in [1.82, 2.24) is 34.0 Å². The third-order valence-electron chi connectivity index (χ3n) is 10.4. The zero-order valence-electron chi connectivity index (χ0n) is 26.2. The van der Waals surface area contributed by atoms with E-state index in [0.717, 1.165) is 66.2 Å². The van der Waals surface area contributed by atoms with Crippen LogP contribution in [0.5, 0.6) is 5.75 Å². The minimum Gasteiger partial charge on any atom is -0.494 e. The molecule has 5 aromatic rings. The number of ether oxygens (including phenoxy) is 1. The summed E-state index contributed by atoms with van der Waals surface area (Å²) in [6.07, 6.45) is 6.37. The second-order valence-corrected chi connectivity index (χ2v) is 13.3. The molecule has 46 heavy (non-hydrogen) atoms. The van der Waals surface area contributed by atoms with Crippen molar-refractivity contribution in [3.05, 3.63) is 60.2 Å². The van der Waals surface area contributed by atoms with Gasteiger partial charge in [0.25, 0.3) is 5.91 Å². The maximum absolute atomic E-state index is 13.9. The van der Waals surface area contributed by atoms with Crippen molar-refractivity contribution in [2.24, 2.45) is 18.7 Å². The van der Waals surface area contributed by atoms with Crippen LogP contribution in [0.2, 0.25) is 5.31 Å². The Balaban J connectivity index is 1.23. The summed E-state index contributed by atoms with van der Waals surface area (Å²) in [7, 11) is 5.93. The second-order valence-electron chi connectivity index (χ2n) is 13.3. The smallest absolute Gasteiger partial charge is 0.254 e. The molecule has 1 saturated carbocycles. The van der Waals surface area contributed by atoms with Gasteiger partial charge in [-0.25, -0.2) is 19.9 Å². The van der Waals surface area contributed by atoms with Crippen molar-refractivity contribution in [1.29, 1.82) is 5.26 Å². The highest BCUT2D eigenvalue weighted by atomic mass is 16.5. The summed E-state index contributed by atoms with van der Waals surface area (Å²) in [5.74, 6) is 2.66. The van der Waals surface area contributed by atoms with E-state index in [-0.39, 0.29) is 29.1 Å². The number of carbonyl (C=O) groups is 1. The number of hydrogen-bond donors (Lipinski definition) is 1. The number of likely N-dealkylation sites (tertiary alicyclic amines) is 1. The average molecular weight is 615 g/mol. The molecule has 13 heteroatoms. The van der Waals surface area contributed by atoms with Crippen molar-refractivity contribution >= 4 is 41.6 Å². The zero-order chi connectivity index (χ0) is 31.7. The number of benzene rings is 1. The van der Waals surface area contributed by atoms with E-state index in [4.69, 9.17) is 15.5 Å². The number of methoxy groups -OCH3 is 1. The summed E-state index contributed by atoms with van der Waals surface area (Å²) in [6.45, 7) is 2.88. The van der Waals surface area contributed by atoms with Crippen molar-refractivity contribution in [2.75, 3.05) is 31.6 Å². The molecule has 2 bridgehead atoms. The quantitative estimate of drug-likeness (QED) is 0.285. The standard InChI is InChI=1S/C33H35BN10O2/c1-41-24(13-19-4-3-9-38-30(19)41)31-39-22-12-21(32(45)43-16-20-5-6-23(43)28(20)36)14-25(46-2)29(22)44(31)18-33(34)8-11-42(17-33)27-7-10-37-26(15-35)40-27/h3-4,7,9-10,12-14,20,23,28H,5-6,8,11,16-18,34,36H2,1-2H3/t20?,23?,28-,33-/m1/s1. The lowest BCUT2D eigenvalue weighted by Crippen LogP contribution is -2.41. The number of nitrogens with two attached hydrogens (primary N) is 1. The third-order valence-corrected chi connectivity index (χ3v) is 10.4. The maximum atomic E-state index is 13.9. The number of pyridine rings is 1. The first-order chi connectivity index (χ1) is 22.3. The molecule has 4 aromatic heterocycles. The first kappa shape index (κ1) is 28.5. The molecule has 0 radical (unpaired) electrons. The molecular formula is C33H35BN10O2. The van der Waals surface area contributed by atoms with Gasteiger partial charge in [-0.05, 0) is 66.9 Å². The Bertz CT molecular complexity index is 2070. The number of nitrogens with zero attached hydrogens (tertiary/aromatic N) is 9. The van der Waals surface area contributed by atoms with Crippen molar-refractivity contribution < 1.29 is 9.53 Å². The lowest BCUT2D eigenvalue weighted by atomic mass is 9.68. The van der Waals surface area contributed by atoms with Crippen LogP contribution in [0.3, 0.4) is 0 Å². The number of imidazole rings is 1. The number of nitriles is 1. The predicted octanol–water partition coefficient (Wildman–Crippen LogP) is 2.52. The van der Waals surface area contributed by atoms with Gasteiger partial charge in [-0.15, -0.1) is 0 Å². The van der Waals surface area contributed by atoms with Gasteiger partial charge in [-0.3, -0.25) is 4.79 Å². The molecule has 2 saturated heterocycles. The number of rotatable bonds is 6. The molecule has 0 spiro atoms. The number of aromatic nitrogens is 6. The highest BCUT2D eigenvalue weighted by Crippen LogP contribution is 2.43. The van der Waals surface area contributed by atoms with Crippen LogP contribution in [-0.2, 0) is 13.6 Å². The Morgan fingerprint density at radius 3 is 2.80 bits per heavy atom. The van der Waals surface area contributed by atoms with E-state index < -0.39 is 0 Å². The lowest BCUT2D eigenvalue weighted by Gasteiger charge is -2.28. The van der Waals surface area contributed by atoms with Crippen LogP contribution in [0.4, 0.5) is 5.82 Å². The number of amides is 1. The SMILES string of the molecule is B[C@]1(Cn2c(-c3cc4cccnc4n3C)nc3cc(C(=O)N4CC5CCC4[C@@H]5N)cc(OC)c32)CCN(c2ccnc(C#N)n2)C1. The molecule has 6 heterocycles. The second kappa shape index (κ2) is 10.6. The Morgan fingerprint density at radius 1 is 1.20 bits per heavy atom. The van der Waals surface area contributed by atoms with Gasteiger partial charge in [0.05, 0.1) is 18.3 Å². The topological polar surface area (TPSA) is 144 Å². The van der Waals surface area contributed by atoms with E-state index in [0.29, 0.717) is 35.8 Å². The van der Waals surface area contributed by atoms with Crippen molar-refractivity contribution in [2.45, 2.75) is 43.2 Å². The highest BCUT2D eigenvalue weighted by Gasteiger charge is 2.47. The van der Waals surface area contributed by atoms with Crippen LogP contribution in [-0.4, -0.2) is 86.6 Å². The molecule has 3 fully saturated rings. The summed E-state index contributed by atoms with van der Waals surface area (Å²) in [4.78, 5) is 36.4. The van der Waals surface area contributed by atoms with E-state index in [1.807, 2.05) is 42.3 Å². The number of fused-ring (bicyclic) bond motifs is 4. The summed E-state index contributed by atoms with van der Waals surface area (Å²) < 4.78 is 10.3. The number of anilines is 1. The fraction of sp³-hybridized carbons (Fsp3) is 0.394. The fourth-order valence-electron chi connectivity index (χ4n) is 7.99. The van der Waals surface area contributed by atoms with Crippen molar-refractivity contribution in [3.8, 4) is 23.3 Å². The fourth-order valence-corrected chi connectivity index (χ4v) is 7.99. The molecule has 2 unspecified atom stereocenters. The molecule has 3 aliphatic rings. The normalized spacial score (nSPS) is 23.9. The van der Waals surface area contributed by atoms with E-state index in [1.165, 1.54) is 0 Å². The van der Waals surface area contributed by atoms with Gasteiger partial charge in [0.15, 0.2) is 5.82 Å². The Hall–Kier alpha value is -4.96. The van der Waals surface area contributed by atoms with Crippen LogP contribution in [0.1, 0.15) is 35.4 Å². The number of hydrogen-bond acceptors (Lipinski definition) is 9. The molecular weight excluding hydrogens is 579 g/mol. The molecule has 8 rings (SSSR count). The van der Waals surface area contributed by atoms with Crippen LogP contribution in [0.25, 0.3) is 33.6 Å². The predicted molar refractivity (Wildman–Crippen MR) is 176 cm³/mol. The molecule has 4 atom stereocenters. The summed E-state index contributed by atoms with van der Waals surface area (Å²) in [5.41, 5.74) is 10.4. The van der Waals surface area contributed by atoms with E-state index in [9.17, 15) is 10.1 Å². The van der Waals surface area contributed by atoms with E-state index in [2.05, 4.69) is 49.0 Å². The monoisotopic (exact) mass is 614 g/mol. The van der Waals surface area contributed by atoms with E-state index in [1.54, 1.807) is 19.5 Å². The minimum absolute atomic E-state index is 0.0206. The summed E-state index contributed by atoms with van der Waals surface area (Å²) >= 11 is 0. The molecule has 232 valence electrons. The first-order valence-corrected chi connectivity index (χ1v) is 15.8. The molecule has 1 amide bonds. The van der Waals surface area contributed by atoms with Crippen LogP contribution >= 0.6 is 0 Å².